The number of ether oxygens (including phenoxy) is 2. The van der Waals surface area contributed by atoms with Gasteiger partial charge in [-0.3, -0.25) is 10.1 Å². The minimum atomic E-state index is -0.495. The molecule has 0 N–H and O–H groups in total. The van der Waals surface area contributed by atoms with E-state index >= 15 is 0 Å². The Balaban J connectivity index is 2.20. The Bertz CT molecular complexity index is 678. The highest BCUT2D eigenvalue weighted by Crippen LogP contribution is 2.31. The van der Waals surface area contributed by atoms with E-state index in [2.05, 4.69) is 15.9 Å². The van der Waals surface area contributed by atoms with E-state index in [0.29, 0.717) is 10.8 Å². The van der Waals surface area contributed by atoms with Crippen LogP contribution in [0.15, 0.2) is 40.9 Å². The smallest absolute Gasteiger partial charge is 0.273 e. The van der Waals surface area contributed by atoms with Crippen molar-refractivity contribution in [3.05, 3.63) is 61.6 Å². The van der Waals surface area contributed by atoms with Gasteiger partial charge < -0.3 is 9.47 Å². The van der Waals surface area contributed by atoms with Crippen LogP contribution in [-0.4, -0.2) is 12.0 Å². The summed E-state index contributed by atoms with van der Waals surface area (Å²) in [6.45, 7) is 0.207. The third-order valence-corrected chi connectivity index (χ3v) is 3.85. The van der Waals surface area contributed by atoms with Crippen molar-refractivity contribution in [1.29, 1.82) is 0 Å². The molecule has 0 amide bonds. The van der Waals surface area contributed by atoms with E-state index in [9.17, 15) is 10.1 Å². The van der Waals surface area contributed by atoms with E-state index in [4.69, 9.17) is 21.1 Å². The topological polar surface area (TPSA) is 61.6 Å². The molecule has 2 aromatic rings. The van der Waals surface area contributed by atoms with E-state index in [-0.39, 0.29) is 18.0 Å². The molecular formula is C14H11BrClNO4. The predicted molar refractivity (Wildman–Crippen MR) is 83.1 cm³/mol. The molecule has 110 valence electrons. The van der Waals surface area contributed by atoms with Gasteiger partial charge >= 0.3 is 0 Å². The summed E-state index contributed by atoms with van der Waals surface area (Å²) in [5.41, 5.74) is 0.774. The summed E-state index contributed by atoms with van der Waals surface area (Å²) in [5.74, 6) is 0.961. The van der Waals surface area contributed by atoms with Crippen LogP contribution >= 0.6 is 27.5 Å². The van der Waals surface area contributed by atoms with Gasteiger partial charge in [0.15, 0.2) is 0 Å². The molecule has 0 unspecified atom stereocenters. The van der Waals surface area contributed by atoms with Gasteiger partial charge in [-0.05, 0) is 24.3 Å². The first kappa shape index (κ1) is 15.6. The number of hydrogen-bond acceptors (Lipinski definition) is 4. The summed E-state index contributed by atoms with van der Waals surface area (Å²) in [5, 5.41) is 11.1. The molecule has 0 saturated heterocycles. The molecule has 0 atom stereocenters. The molecule has 0 radical (unpaired) electrons. The second-order valence-electron chi connectivity index (χ2n) is 4.12. The quantitative estimate of drug-likeness (QED) is 0.568. The van der Waals surface area contributed by atoms with Crippen LogP contribution in [-0.2, 0) is 6.61 Å². The minimum absolute atomic E-state index is 0.0703. The van der Waals surface area contributed by atoms with Crippen LogP contribution < -0.4 is 9.47 Å². The van der Waals surface area contributed by atoms with E-state index in [1.54, 1.807) is 7.11 Å². The van der Waals surface area contributed by atoms with Gasteiger partial charge in [0.05, 0.1) is 23.1 Å². The Labute approximate surface area is 134 Å². The minimum Gasteiger partial charge on any atom is -0.497 e. The Morgan fingerprint density at radius 1 is 1.29 bits per heavy atom. The maximum atomic E-state index is 10.8. The summed E-state index contributed by atoms with van der Waals surface area (Å²) in [6.07, 6.45) is 0. The average Bonchev–Trinajstić information content (AvgIpc) is 2.47. The fraction of sp³-hybridized carbons (Fsp3) is 0.143. The first-order chi connectivity index (χ1) is 10.0. The molecular weight excluding hydrogens is 362 g/mol. The van der Waals surface area contributed by atoms with Crippen molar-refractivity contribution in [2.45, 2.75) is 6.61 Å². The van der Waals surface area contributed by atoms with E-state index in [0.717, 1.165) is 10.0 Å². The first-order valence-electron chi connectivity index (χ1n) is 5.90. The second kappa shape index (κ2) is 6.78. The molecule has 2 rings (SSSR count). The molecule has 0 spiro atoms. The summed E-state index contributed by atoms with van der Waals surface area (Å²) < 4.78 is 11.6. The molecule has 0 saturated carbocycles. The summed E-state index contributed by atoms with van der Waals surface area (Å²) in [7, 11) is 1.57. The molecule has 21 heavy (non-hydrogen) atoms. The van der Waals surface area contributed by atoms with Crippen molar-refractivity contribution >= 4 is 33.2 Å². The van der Waals surface area contributed by atoms with Crippen molar-refractivity contribution < 1.29 is 14.4 Å². The lowest BCUT2D eigenvalue weighted by Crippen LogP contribution is -1.99. The van der Waals surface area contributed by atoms with Crippen LogP contribution in [0, 0.1) is 10.1 Å². The van der Waals surface area contributed by atoms with Crippen molar-refractivity contribution in [3.63, 3.8) is 0 Å². The molecule has 2 aromatic carbocycles. The molecule has 5 nitrogen and oxygen atoms in total. The average molecular weight is 373 g/mol. The zero-order valence-electron chi connectivity index (χ0n) is 11.0. The van der Waals surface area contributed by atoms with Gasteiger partial charge in [0.25, 0.3) is 5.69 Å². The first-order valence-corrected chi connectivity index (χ1v) is 7.07. The molecule has 0 aromatic heterocycles. The predicted octanol–water partition coefficient (Wildman–Crippen LogP) is 4.60. The van der Waals surface area contributed by atoms with E-state index < -0.39 is 4.92 Å². The zero-order chi connectivity index (χ0) is 15.4. The molecule has 7 heteroatoms. The number of methoxy groups -OCH3 is 1. The summed E-state index contributed by atoms with van der Waals surface area (Å²) >= 11 is 9.39. The number of nitrogens with zero attached hydrogens (tertiary/aromatic N) is 1. The van der Waals surface area contributed by atoms with Gasteiger partial charge in [0.2, 0.25) is 0 Å². The van der Waals surface area contributed by atoms with Gasteiger partial charge in [-0.1, -0.05) is 27.5 Å². The Morgan fingerprint density at radius 2 is 2.05 bits per heavy atom. The Morgan fingerprint density at radius 3 is 2.71 bits per heavy atom. The normalized spacial score (nSPS) is 10.2. The zero-order valence-corrected chi connectivity index (χ0v) is 13.3. The maximum absolute atomic E-state index is 10.8. The lowest BCUT2D eigenvalue weighted by Gasteiger charge is -2.10. The second-order valence-corrected chi connectivity index (χ2v) is 5.38. The Hall–Kier alpha value is -1.79. The largest absolute Gasteiger partial charge is 0.497 e. The van der Waals surface area contributed by atoms with Crippen LogP contribution in [0.1, 0.15) is 5.56 Å². The van der Waals surface area contributed by atoms with Gasteiger partial charge in [-0.25, -0.2) is 0 Å². The molecule has 0 aliphatic heterocycles. The lowest BCUT2D eigenvalue weighted by molar-refractivity contribution is -0.384. The Kier molecular flexibility index (Phi) is 5.03. The van der Waals surface area contributed by atoms with Crippen LogP contribution in [0.25, 0.3) is 0 Å². The monoisotopic (exact) mass is 371 g/mol. The van der Waals surface area contributed by atoms with Crippen molar-refractivity contribution in [1.82, 2.24) is 0 Å². The molecule has 0 bridgehead atoms. The van der Waals surface area contributed by atoms with Crippen LogP contribution in [0.4, 0.5) is 5.69 Å². The third kappa shape index (κ3) is 3.86. The van der Waals surface area contributed by atoms with E-state index in [1.165, 1.54) is 18.2 Å². The van der Waals surface area contributed by atoms with Crippen molar-refractivity contribution in [2.75, 3.05) is 7.11 Å². The summed E-state index contributed by atoms with van der Waals surface area (Å²) in [4.78, 5) is 10.3. The van der Waals surface area contributed by atoms with Gasteiger partial charge in [-0.2, -0.15) is 0 Å². The van der Waals surface area contributed by atoms with Crippen LogP contribution in [0.3, 0.4) is 0 Å². The molecule has 0 fully saturated rings. The number of nitro groups is 1. The fourth-order valence-corrected chi connectivity index (χ4v) is 2.19. The van der Waals surface area contributed by atoms with Gasteiger partial charge in [0, 0.05) is 16.1 Å². The van der Waals surface area contributed by atoms with Crippen molar-refractivity contribution in [3.8, 4) is 11.5 Å². The van der Waals surface area contributed by atoms with Crippen LogP contribution in [0.5, 0.6) is 11.5 Å². The van der Waals surface area contributed by atoms with Gasteiger partial charge in [0.1, 0.15) is 18.1 Å². The molecule has 0 aliphatic carbocycles. The molecule has 0 aliphatic rings. The van der Waals surface area contributed by atoms with E-state index in [1.807, 2.05) is 18.2 Å². The number of hydrogen-bond donors (Lipinski definition) is 0. The number of halogens is 2. The third-order valence-electron chi connectivity index (χ3n) is 2.76. The standard InChI is InChI=1S/C14H11BrClNO4/c1-20-11-3-4-12(15)9(6-11)8-21-14-7-10(17(18)19)2-5-13(14)16/h2-7H,8H2,1H3. The highest BCUT2D eigenvalue weighted by molar-refractivity contribution is 9.10. The fourth-order valence-electron chi connectivity index (χ4n) is 1.66. The summed E-state index contributed by atoms with van der Waals surface area (Å²) in [6, 6.07) is 9.54. The number of nitro benzene ring substituents is 1. The highest BCUT2D eigenvalue weighted by atomic mass is 79.9. The van der Waals surface area contributed by atoms with Crippen molar-refractivity contribution in [2.24, 2.45) is 0 Å². The number of rotatable bonds is 5. The number of non-ortho nitro benzene ring substituents is 1. The number of benzene rings is 2. The molecule has 0 heterocycles. The SMILES string of the molecule is COc1ccc(Br)c(COc2cc([N+](=O)[O-])ccc2Cl)c1. The highest BCUT2D eigenvalue weighted by Gasteiger charge is 2.11. The van der Waals surface area contributed by atoms with Gasteiger partial charge in [-0.15, -0.1) is 0 Å². The lowest BCUT2D eigenvalue weighted by atomic mass is 10.2. The van der Waals surface area contributed by atoms with Crippen LogP contribution in [0.2, 0.25) is 5.02 Å². The maximum Gasteiger partial charge on any atom is 0.273 e.